The molecule has 0 radical (unpaired) electrons. The summed E-state index contributed by atoms with van der Waals surface area (Å²) in [7, 11) is 1.69. The summed E-state index contributed by atoms with van der Waals surface area (Å²) in [6.07, 6.45) is 4.10. The van der Waals surface area contributed by atoms with E-state index in [0.717, 1.165) is 76.5 Å². The van der Waals surface area contributed by atoms with Crippen molar-refractivity contribution in [1.29, 1.82) is 0 Å². The molecule has 1 aromatic carbocycles. The van der Waals surface area contributed by atoms with Gasteiger partial charge in [-0.25, -0.2) is 0 Å². The summed E-state index contributed by atoms with van der Waals surface area (Å²) < 4.78 is 5.34. The van der Waals surface area contributed by atoms with Gasteiger partial charge >= 0.3 is 0 Å². The first-order valence-electron chi connectivity index (χ1n) is 11.8. The van der Waals surface area contributed by atoms with E-state index in [1.54, 1.807) is 7.11 Å². The van der Waals surface area contributed by atoms with Crippen molar-refractivity contribution in [3.05, 3.63) is 24.3 Å². The number of piperidine rings is 3. The number of carbonyl (C=O) groups is 2. The van der Waals surface area contributed by atoms with Crippen molar-refractivity contribution < 1.29 is 14.3 Å². The summed E-state index contributed by atoms with van der Waals surface area (Å²) in [5, 5.41) is 0. The standard InChI is InChI=1S/C24H34N4O3/c1-31-21-5-2-4-20(13-21)26-8-10-27(11-9-26)24(30)17-25-14-18-12-19(16-25)22-6-3-7-23(29)28(22)15-18/h2,4-5,13,18-19,22H,3,6-12,14-17H2,1H3/t18-,19-,22-/m1/s1. The predicted molar refractivity (Wildman–Crippen MR) is 119 cm³/mol. The maximum atomic E-state index is 13.0. The van der Waals surface area contributed by atoms with Crippen molar-refractivity contribution in [3.8, 4) is 5.75 Å². The quantitative estimate of drug-likeness (QED) is 0.733. The Labute approximate surface area is 184 Å². The Balaban J connectivity index is 1.14. The molecule has 2 amide bonds. The fourth-order valence-corrected chi connectivity index (χ4v) is 6.15. The van der Waals surface area contributed by atoms with Crippen LogP contribution in [0.15, 0.2) is 24.3 Å². The van der Waals surface area contributed by atoms with E-state index in [1.807, 2.05) is 17.0 Å². The summed E-state index contributed by atoms with van der Waals surface area (Å²) in [6.45, 7) is 6.55. The highest BCUT2D eigenvalue weighted by atomic mass is 16.5. The lowest BCUT2D eigenvalue weighted by atomic mass is 9.76. The molecule has 4 aliphatic heterocycles. The molecule has 0 spiro atoms. The van der Waals surface area contributed by atoms with E-state index >= 15 is 0 Å². The van der Waals surface area contributed by atoms with Crippen LogP contribution in [0.25, 0.3) is 0 Å². The Hall–Kier alpha value is -2.28. The number of ether oxygens (including phenoxy) is 1. The maximum Gasteiger partial charge on any atom is 0.236 e. The summed E-state index contributed by atoms with van der Waals surface area (Å²) >= 11 is 0. The first-order chi connectivity index (χ1) is 15.1. The van der Waals surface area contributed by atoms with E-state index in [9.17, 15) is 9.59 Å². The second kappa shape index (κ2) is 8.69. The van der Waals surface area contributed by atoms with E-state index in [-0.39, 0.29) is 5.91 Å². The average Bonchev–Trinajstić information content (AvgIpc) is 2.80. The maximum absolute atomic E-state index is 13.0. The van der Waals surface area contributed by atoms with Crippen LogP contribution in [0.5, 0.6) is 5.75 Å². The van der Waals surface area contributed by atoms with Gasteiger partial charge in [-0.1, -0.05) is 6.07 Å². The Kier molecular flexibility index (Phi) is 5.78. The van der Waals surface area contributed by atoms with Gasteiger partial charge in [0.25, 0.3) is 0 Å². The summed E-state index contributed by atoms with van der Waals surface area (Å²) in [6, 6.07) is 8.54. The second-order valence-electron chi connectivity index (χ2n) is 9.63. The summed E-state index contributed by atoms with van der Waals surface area (Å²) in [5.41, 5.74) is 1.15. The third kappa shape index (κ3) is 4.25. The van der Waals surface area contributed by atoms with Gasteiger partial charge in [0, 0.05) is 70.0 Å². The number of anilines is 1. The van der Waals surface area contributed by atoms with Crippen LogP contribution >= 0.6 is 0 Å². The van der Waals surface area contributed by atoms with Crippen molar-refractivity contribution in [1.82, 2.24) is 14.7 Å². The highest BCUT2D eigenvalue weighted by molar-refractivity contribution is 5.79. The van der Waals surface area contributed by atoms with Gasteiger partial charge in [-0.05, 0) is 43.2 Å². The fraction of sp³-hybridized carbons (Fsp3) is 0.667. The third-order valence-electron chi connectivity index (χ3n) is 7.67. The largest absolute Gasteiger partial charge is 0.497 e. The normalized spacial score (nSPS) is 29.0. The van der Waals surface area contributed by atoms with Gasteiger partial charge in [0.2, 0.25) is 11.8 Å². The monoisotopic (exact) mass is 426 g/mol. The van der Waals surface area contributed by atoms with Crippen LogP contribution in [0.2, 0.25) is 0 Å². The van der Waals surface area contributed by atoms with E-state index in [1.165, 1.54) is 6.42 Å². The lowest BCUT2D eigenvalue weighted by molar-refractivity contribution is -0.146. The van der Waals surface area contributed by atoms with E-state index in [4.69, 9.17) is 4.74 Å². The molecule has 0 N–H and O–H groups in total. The van der Waals surface area contributed by atoms with Crippen molar-refractivity contribution in [3.63, 3.8) is 0 Å². The lowest BCUT2D eigenvalue weighted by Gasteiger charge is -2.52. The number of rotatable bonds is 4. The molecule has 0 unspecified atom stereocenters. The molecule has 0 saturated carbocycles. The van der Waals surface area contributed by atoms with Crippen molar-refractivity contribution in [2.75, 3.05) is 64.4 Å². The molecule has 7 nitrogen and oxygen atoms in total. The Morgan fingerprint density at radius 2 is 1.97 bits per heavy atom. The fourth-order valence-electron chi connectivity index (χ4n) is 6.15. The number of fused-ring (bicyclic) bond motifs is 4. The van der Waals surface area contributed by atoms with Crippen LogP contribution in [0.1, 0.15) is 25.7 Å². The molecule has 4 fully saturated rings. The molecular formula is C24H34N4O3. The van der Waals surface area contributed by atoms with Crippen molar-refractivity contribution >= 4 is 17.5 Å². The Morgan fingerprint density at radius 3 is 2.77 bits per heavy atom. The smallest absolute Gasteiger partial charge is 0.236 e. The van der Waals surface area contributed by atoms with Gasteiger partial charge in [-0.2, -0.15) is 0 Å². The SMILES string of the molecule is COc1cccc(N2CCN(C(=O)CN3C[C@H]4C[C@H](C3)[C@H]3CCCC(=O)N3C4)CC2)c1. The summed E-state index contributed by atoms with van der Waals surface area (Å²) in [5.74, 6) is 2.53. The minimum absolute atomic E-state index is 0.252. The second-order valence-corrected chi connectivity index (χ2v) is 9.63. The molecular weight excluding hydrogens is 392 g/mol. The molecule has 3 atom stereocenters. The first-order valence-corrected chi connectivity index (χ1v) is 11.8. The highest BCUT2D eigenvalue weighted by Crippen LogP contribution is 2.37. The molecule has 0 aliphatic carbocycles. The zero-order valence-electron chi connectivity index (χ0n) is 18.5. The highest BCUT2D eigenvalue weighted by Gasteiger charge is 2.44. The van der Waals surface area contributed by atoms with E-state index in [0.29, 0.717) is 30.3 Å². The predicted octanol–water partition coefficient (Wildman–Crippen LogP) is 1.68. The molecule has 31 heavy (non-hydrogen) atoms. The number of likely N-dealkylation sites (tertiary alicyclic amines) is 1. The minimum atomic E-state index is 0.252. The van der Waals surface area contributed by atoms with E-state index < -0.39 is 0 Å². The summed E-state index contributed by atoms with van der Waals surface area (Å²) in [4.78, 5) is 34.3. The molecule has 7 heteroatoms. The molecule has 4 heterocycles. The molecule has 4 aliphatic rings. The number of hydrogen-bond acceptors (Lipinski definition) is 5. The minimum Gasteiger partial charge on any atom is -0.497 e. The lowest BCUT2D eigenvalue weighted by Crippen LogP contribution is -2.61. The number of methoxy groups -OCH3 is 1. The molecule has 168 valence electrons. The van der Waals surface area contributed by atoms with Crippen molar-refractivity contribution in [2.24, 2.45) is 11.8 Å². The number of nitrogens with zero attached hydrogens (tertiary/aromatic N) is 4. The van der Waals surface area contributed by atoms with Gasteiger partial charge in [0.1, 0.15) is 5.75 Å². The number of hydrogen-bond donors (Lipinski definition) is 0. The van der Waals surface area contributed by atoms with Crippen LogP contribution in [-0.2, 0) is 9.59 Å². The average molecular weight is 427 g/mol. The van der Waals surface area contributed by atoms with Gasteiger partial charge in [-0.15, -0.1) is 0 Å². The third-order valence-corrected chi connectivity index (χ3v) is 7.67. The molecule has 2 bridgehead atoms. The Bertz CT molecular complexity index is 823. The number of piperazine rings is 1. The van der Waals surface area contributed by atoms with Gasteiger partial charge in [-0.3, -0.25) is 14.5 Å². The van der Waals surface area contributed by atoms with Gasteiger partial charge in [0.15, 0.2) is 0 Å². The van der Waals surface area contributed by atoms with Crippen LogP contribution in [0.3, 0.4) is 0 Å². The molecule has 5 rings (SSSR count). The zero-order valence-corrected chi connectivity index (χ0v) is 18.5. The van der Waals surface area contributed by atoms with Gasteiger partial charge in [0.05, 0.1) is 13.7 Å². The van der Waals surface area contributed by atoms with Crippen LogP contribution < -0.4 is 9.64 Å². The topological polar surface area (TPSA) is 56.3 Å². The first kappa shape index (κ1) is 20.6. The van der Waals surface area contributed by atoms with Gasteiger partial charge < -0.3 is 19.4 Å². The van der Waals surface area contributed by atoms with Crippen LogP contribution in [-0.4, -0.2) is 92.0 Å². The number of amides is 2. The molecule has 0 aromatic heterocycles. The zero-order chi connectivity index (χ0) is 21.4. The number of carbonyl (C=O) groups excluding carboxylic acids is 2. The van der Waals surface area contributed by atoms with Crippen LogP contribution in [0, 0.1) is 11.8 Å². The molecule has 1 aromatic rings. The molecule has 4 saturated heterocycles. The Morgan fingerprint density at radius 1 is 1.13 bits per heavy atom. The van der Waals surface area contributed by atoms with E-state index in [2.05, 4.69) is 26.8 Å². The van der Waals surface area contributed by atoms with Crippen LogP contribution in [0.4, 0.5) is 5.69 Å². The number of benzene rings is 1. The van der Waals surface area contributed by atoms with Crippen molar-refractivity contribution in [2.45, 2.75) is 31.7 Å².